The van der Waals surface area contributed by atoms with E-state index in [2.05, 4.69) is 4.98 Å². The lowest BCUT2D eigenvalue weighted by Gasteiger charge is -2.07. The highest BCUT2D eigenvalue weighted by Gasteiger charge is 2.46. The molecule has 3 aromatic rings. The molecule has 0 atom stereocenters. The molecule has 0 saturated heterocycles. The number of thiazole rings is 1. The molecule has 0 unspecified atom stereocenters. The molecule has 0 saturated carbocycles. The van der Waals surface area contributed by atoms with Gasteiger partial charge in [-0.2, -0.15) is 21.6 Å². The number of methoxy groups -OCH3 is 1. The van der Waals surface area contributed by atoms with Crippen molar-refractivity contribution < 1.29 is 26.3 Å². The Bertz CT molecular complexity index is 1050. The molecular weight excluding hydrogens is 413 g/mol. The second-order valence-corrected chi connectivity index (χ2v) is 8.49. The fourth-order valence-corrected chi connectivity index (χ4v) is 4.20. The quantitative estimate of drug-likeness (QED) is 0.620. The van der Waals surface area contributed by atoms with E-state index >= 15 is 0 Å². The molecule has 1 N–H and O–H groups in total. The number of rotatable bonds is 6. The smallest absolute Gasteiger partial charge is 0.497 e. The summed E-state index contributed by atoms with van der Waals surface area (Å²) in [5.74, 6) is 0.613. The first kappa shape index (κ1) is 20.2. The van der Waals surface area contributed by atoms with E-state index in [0.29, 0.717) is 28.3 Å². The van der Waals surface area contributed by atoms with Crippen LogP contribution < -0.4 is 9.46 Å². The number of halogens is 3. The van der Waals surface area contributed by atoms with Crippen LogP contribution in [0.1, 0.15) is 10.4 Å². The van der Waals surface area contributed by atoms with Gasteiger partial charge in [0.1, 0.15) is 5.75 Å². The van der Waals surface area contributed by atoms with Gasteiger partial charge < -0.3 is 4.74 Å². The molecule has 3 rings (SSSR count). The van der Waals surface area contributed by atoms with E-state index in [9.17, 15) is 21.6 Å². The minimum Gasteiger partial charge on any atom is -0.497 e. The zero-order chi connectivity index (χ0) is 20.4. The largest absolute Gasteiger partial charge is 0.516 e. The van der Waals surface area contributed by atoms with Gasteiger partial charge in [-0.15, -0.1) is 11.3 Å². The van der Waals surface area contributed by atoms with Crippen LogP contribution >= 0.6 is 11.3 Å². The first-order valence-corrected chi connectivity index (χ1v) is 10.3. The van der Waals surface area contributed by atoms with Gasteiger partial charge in [-0.25, -0.2) is 4.98 Å². The minimum atomic E-state index is -5.54. The predicted molar refractivity (Wildman–Crippen MR) is 102 cm³/mol. The Morgan fingerprint density at radius 2 is 1.71 bits per heavy atom. The van der Waals surface area contributed by atoms with E-state index in [1.807, 2.05) is 30.3 Å². The number of ether oxygens (including phenoxy) is 1. The van der Waals surface area contributed by atoms with Crippen molar-refractivity contribution in [3.63, 3.8) is 0 Å². The van der Waals surface area contributed by atoms with Crippen LogP contribution in [0.15, 0.2) is 54.6 Å². The first-order valence-electron chi connectivity index (χ1n) is 7.97. The summed E-state index contributed by atoms with van der Waals surface area (Å²) in [4.78, 5) is 4.75. The van der Waals surface area contributed by atoms with Gasteiger partial charge in [0, 0.05) is 16.9 Å². The van der Waals surface area contributed by atoms with Crippen LogP contribution in [-0.4, -0.2) is 26.0 Å². The lowest BCUT2D eigenvalue weighted by Crippen LogP contribution is -2.29. The Morgan fingerprint density at radius 3 is 2.29 bits per heavy atom. The number of nitrogens with one attached hydrogen (secondary N) is 1. The van der Waals surface area contributed by atoms with Gasteiger partial charge in [0.05, 0.1) is 12.8 Å². The van der Waals surface area contributed by atoms with Gasteiger partial charge in [-0.05, 0) is 29.8 Å². The highest BCUT2D eigenvalue weighted by atomic mass is 32.2. The molecule has 1 aromatic heterocycles. The van der Waals surface area contributed by atoms with Crippen molar-refractivity contribution in [2.75, 3.05) is 11.8 Å². The zero-order valence-electron chi connectivity index (χ0n) is 14.5. The first-order chi connectivity index (χ1) is 13.2. The molecule has 0 bridgehead atoms. The maximum Gasteiger partial charge on any atom is 0.516 e. The van der Waals surface area contributed by atoms with Gasteiger partial charge in [-0.3, -0.25) is 4.72 Å². The van der Waals surface area contributed by atoms with Crippen molar-refractivity contribution in [1.82, 2.24) is 4.98 Å². The van der Waals surface area contributed by atoms with Gasteiger partial charge in [0.25, 0.3) is 0 Å². The van der Waals surface area contributed by atoms with E-state index in [0.717, 1.165) is 16.9 Å². The number of anilines is 1. The lowest BCUT2D eigenvalue weighted by molar-refractivity contribution is -0.0429. The topological polar surface area (TPSA) is 68.3 Å². The van der Waals surface area contributed by atoms with Crippen molar-refractivity contribution in [3.05, 3.63) is 65.0 Å². The highest BCUT2D eigenvalue weighted by Crippen LogP contribution is 2.35. The molecule has 0 radical (unpaired) electrons. The summed E-state index contributed by atoms with van der Waals surface area (Å²) in [5, 5.41) is -0.339. The molecule has 0 aliphatic carbocycles. The fourth-order valence-electron chi connectivity index (χ4n) is 2.44. The van der Waals surface area contributed by atoms with Crippen LogP contribution in [0.5, 0.6) is 5.75 Å². The summed E-state index contributed by atoms with van der Waals surface area (Å²) in [6.45, 7) is 0. The molecule has 0 spiro atoms. The third-order valence-corrected chi connectivity index (χ3v) is 5.97. The number of aromatic nitrogens is 1. The number of hydrogen-bond acceptors (Lipinski definition) is 5. The Morgan fingerprint density at radius 1 is 1.07 bits per heavy atom. The molecule has 2 aromatic carbocycles. The van der Waals surface area contributed by atoms with Crippen molar-refractivity contribution in [3.8, 4) is 17.0 Å². The van der Waals surface area contributed by atoms with Gasteiger partial charge >= 0.3 is 15.5 Å². The number of nitrogens with zero attached hydrogens (tertiary/aromatic N) is 1. The van der Waals surface area contributed by atoms with Crippen molar-refractivity contribution in [2.24, 2.45) is 0 Å². The Kier molecular flexibility index (Phi) is 5.61. The van der Waals surface area contributed by atoms with Crippen LogP contribution in [0.25, 0.3) is 11.3 Å². The monoisotopic (exact) mass is 428 g/mol. The Hall–Kier alpha value is -2.59. The summed E-state index contributed by atoms with van der Waals surface area (Å²) in [5.41, 5.74) is -3.44. The summed E-state index contributed by atoms with van der Waals surface area (Å²) in [6, 6.07) is 16.1. The van der Waals surface area contributed by atoms with E-state index in [4.69, 9.17) is 4.74 Å². The summed E-state index contributed by atoms with van der Waals surface area (Å²) >= 11 is 0.869. The SMILES string of the molecule is COc1ccc(-c2nc(NS(=O)(=O)C(F)(F)F)sc2Cc2ccccc2)cc1. The van der Waals surface area contributed by atoms with Gasteiger partial charge in [0.2, 0.25) is 0 Å². The maximum atomic E-state index is 12.7. The summed E-state index contributed by atoms with van der Waals surface area (Å²) in [6.07, 6.45) is 0.396. The minimum absolute atomic E-state index is 0.339. The molecule has 5 nitrogen and oxygen atoms in total. The number of sulfonamides is 1. The van der Waals surface area contributed by atoms with Crippen molar-refractivity contribution >= 4 is 26.5 Å². The average Bonchev–Trinajstić information content (AvgIpc) is 3.03. The van der Waals surface area contributed by atoms with Crippen LogP contribution in [-0.2, 0) is 16.4 Å². The Labute approximate surface area is 163 Å². The van der Waals surface area contributed by atoms with E-state index in [-0.39, 0.29) is 5.13 Å². The molecule has 0 amide bonds. The molecule has 1 heterocycles. The third kappa shape index (κ3) is 4.45. The highest BCUT2D eigenvalue weighted by molar-refractivity contribution is 7.93. The molecule has 0 aliphatic heterocycles. The molecular formula is C18H15F3N2O3S2. The molecule has 10 heteroatoms. The van der Waals surface area contributed by atoms with Crippen LogP contribution in [0.2, 0.25) is 0 Å². The predicted octanol–water partition coefficient (Wildman–Crippen LogP) is 4.67. The fraction of sp³-hybridized carbons (Fsp3) is 0.167. The van der Waals surface area contributed by atoms with Gasteiger partial charge in [-0.1, -0.05) is 30.3 Å². The second kappa shape index (κ2) is 7.80. The third-order valence-electron chi connectivity index (χ3n) is 3.79. The van der Waals surface area contributed by atoms with Crippen LogP contribution in [0, 0.1) is 0 Å². The van der Waals surface area contributed by atoms with Crippen molar-refractivity contribution in [1.29, 1.82) is 0 Å². The number of alkyl halides is 3. The Balaban J connectivity index is 2.01. The van der Waals surface area contributed by atoms with Crippen molar-refractivity contribution in [2.45, 2.75) is 11.9 Å². The van der Waals surface area contributed by atoms with Gasteiger partial charge in [0.15, 0.2) is 5.13 Å². The standard InChI is InChI=1S/C18H15F3N2O3S2/c1-26-14-9-7-13(8-10-14)16-15(11-12-5-3-2-4-6-12)27-17(22-16)23-28(24,25)18(19,20)21/h2-10H,11H2,1H3,(H,22,23). The molecule has 28 heavy (non-hydrogen) atoms. The normalized spacial score (nSPS) is 12.0. The van der Waals surface area contributed by atoms with E-state index in [1.165, 1.54) is 11.8 Å². The summed E-state index contributed by atoms with van der Waals surface area (Å²) in [7, 11) is -4.03. The number of benzene rings is 2. The van der Waals surface area contributed by atoms with E-state index in [1.54, 1.807) is 24.3 Å². The lowest BCUT2D eigenvalue weighted by atomic mass is 10.1. The number of hydrogen-bond donors (Lipinski definition) is 1. The van der Waals surface area contributed by atoms with Crippen LogP contribution in [0.3, 0.4) is 0 Å². The van der Waals surface area contributed by atoms with Crippen LogP contribution in [0.4, 0.5) is 18.3 Å². The molecule has 0 fully saturated rings. The second-order valence-electron chi connectivity index (χ2n) is 5.73. The van der Waals surface area contributed by atoms with E-state index < -0.39 is 15.5 Å². The zero-order valence-corrected chi connectivity index (χ0v) is 16.2. The molecule has 0 aliphatic rings. The molecule has 148 valence electrons. The maximum absolute atomic E-state index is 12.7. The average molecular weight is 428 g/mol. The summed E-state index contributed by atoms with van der Waals surface area (Å²) < 4.78 is 67.6.